The summed E-state index contributed by atoms with van der Waals surface area (Å²) in [6.45, 7) is 3.06. The van der Waals surface area contributed by atoms with E-state index < -0.39 is 11.5 Å². The molecular weight excluding hydrogens is 436 g/mol. The van der Waals surface area contributed by atoms with Crippen LogP contribution in [0.5, 0.6) is 0 Å². The summed E-state index contributed by atoms with van der Waals surface area (Å²) in [7, 11) is 0. The van der Waals surface area contributed by atoms with Crippen molar-refractivity contribution >= 4 is 29.1 Å². The van der Waals surface area contributed by atoms with Gasteiger partial charge in [0.05, 0.1) is 11.5 Å². The van der Waals surface area contributed by atoms with Crippen LogP contribution in [-0.2, 0) is 19.8 Å². The lowest BCUT2D eigenvalue weighted by molar-refractivity contribution is -0.143. The van der Waals surface area contributed by atoms with E-state index in [2.05, 4.69) is 0 Å². The standard InChI is InChI=1S/C26H30N2O4S/c1-17-5-2-3-6-20(17)26(16-23(30)28(25(26)32)19-8-9-19)15-22(29)27-12-10-18(11-13-27)24(31)21-7-4-14-33-21/h2-7,14,18-19,24,31H,8-13,15-16H2,1H3. The second-order valence-corrected chi connectivity index (χ2v) is 10.7. The number of thiophene rings is 1. The van der Waals surface area contributed by atoms with Crippen molar-refractivity contribution in [3.05, 3.63) is 57.8 Å². The second kappa shape index (κ2) is 8.69. The van der Waals surface area contributed by atoms with Gasteiger partial charge < -0.3 is 10.0 Å². The van der Waals surface area contributed by atoms with E-state index >= 15 is 0 Å². The first-order valence-electron chi connectivity index (χ1n) is 11.8. The van der Waals surface area contributed by atoms with Gasteiger partial charge in [-0.25, -0.2) is 0 Å². The lowest BCUT2D eigenvalue weighted by Gasteiger charge is -2.36. The van der Waals surface area contributed by atoms with Gasteiger partial charge in [-0.1, -0.05) is 30.3 Å². The molecule has 174 valence electrons. The molecule has 1 saturated carbocycles. The minimum Gasteiger partial charge on any atom is -0.387 e. The molecule has 1 aliphatic carbocycles. The Labute approximate surface area is 198 Å². The highest BCUT2D eigenvalue weighted by Crippen LogP contribution is 2.45. The summed E-state index contributed by atoms with van der Waals surface area (Å²) < 4.78 is 0. The number of aliphatic hydroxyl groups excluding tert-OH is 1. The summed E-state index contributed by atoms with van der Waals surface area (Å²) in [5.74, 6) is -0.323. The molecule has 33 heavy (non-hydrogen) atoms. The minimum absolute atomic E-state index is 0.000444. The summed E-state index contributed by atoms with van der Waals surface area (Å²) in [4.78, 5) is 44.3. The van der Waals surface area contributed by atoms with E-state index in [-0.39, 0.29) is 42.5 Å². The number of amides is 3. The van der Waals surface area contributed by atoms with E-state index in [0.717, 1.165) is 41.7 Å². The van der Waals surface area contributed by atoms with Crippen LogP contribution in [0, 0.1) is 12.8 Å². The van der Waals surface area contributed by atoms with Gasteiger partial charge in [0, 0.05) is 36.9 Å². The van der Waals surface area contributed by atoms with Crippen LogP contribution in [0.25, 0.3) is 0 Å². The monoisotopic (exact) mass is 466 g/mol. The zero-order valence-corrected chi connectivity index (χ0v) is 19.7. The zero-order chi connectivity index (χ0) is 23.2. The Hall–Kier alpha value is -2.51. The Morgan fingerprint density at radius 1 is 1.12 bits per heavy atom. The van der Waals surface area contributed by atoms with Crippen molar-refractivity contribution in [2.75, 3.05) is 13.1 Å². The fourth-order valence-electron chi connectivity index (χ4n) is 5.54. The molecule has 3 amide bonds. The number of benzene rings is 1. The molecule has 2 aliphatic heterocycles. The average Bonchev–Trinajstić information content (AvgIpc) is 3.41. The lowest BCUT2D eigenvalue weighted by Crippen LogP contribution is -2.46. The van der Waals surface area contributed by atoms with Crippen molar-refractivity contribution in [3.63, 3.8) is 0 Å². The highest BCUT2D eigenvalue weighted by molar-refractivity contribution is 7.10. The van der Waals surface area contributed by atoms with Crippen LogP contribution >= 0.6 is 11.3 Å². The van der Waals surface area contributed by atoms with Crippen LogP contribution in [0.1, 0.15) is 60.6 Å². The van der Waals surface area contributed by atoms with Gasteiger partial charge >= 0.3 is 0 Å². The first kappa shape index (κ1) is 22.3. The number of imide groups is 1. The van der Waals surface area contributed by atoms with Crippen LogP contribution in [-0.4, -0.2) is 51.8 Å². The topological polar surface area (TPSA) is 77.9 Å². The SMILES string of the molecule is Cc1ccccc1C1(CC(=O)N2CCC(C(O)c3cccs3)CC2)CC(=O)N(C2CC2)C1=O. The molecule has 6 nitrogen and oxygen atoms in total. The maximum atomic E-state index is 13.7. The largest absolute Gasteiger partial charge is 0.387 e. The Bertz CT molecular complexity index is 1060. The van der Waals surface area contributed by atoms with Gasteiger partial charge in [-0.05, 0) is 61.1 Å². The number of hydrogen-bond acceptors (Lipinski definition) is 5. The molecule has 1 N–H and O–H groups in total. The number of carbonyl (C=O) groups excluding carboxylic acids is 3. The number of piperidine rings is 1. The van der Waals surface area contributed by atoms with Crippen LogP contribution in [0.2, 0.25) is 0 Å². The van der Waals surface area contributed by atoms with Gasteiger partial charge in [0.2, 0.25) is 17.7 Å². The van der Waals surface area contributed by atoms with Gasteiger partial charge in [0.1, 0.15) is 0 Å². The predicted octanol–water partition coefficient (Wildman–Crippen LogP) is 3.58. The van der Waals surface area contributed by atoms with E-state index in [0.29, 0.717) is 13.1 Å². The first-order valence-corrected chi connectivity index (χ1v) is 12.7. The van der Waals surface area contributed by atoms with Gasteiger partial charge in [0.25, 0.3) is 0 Å². The van der Waals surface area contributed by atoms with Crippen molar-refractivity contribution in [3.8, 4) is 0 Å². The summed E-state index contributed by atoms with van der Waals surface area (Å²) in [6, 6.07) is 11.5. The number of carbonyl (C=O) groups is 3. The average molecular weight is 467 g/mol. The third-order valence-electron chi connectivity index (χ3n) is 7.55. The van der Waals surface area contributed by atoms with E-state index in [1.54, 1.807) is 11.3 Å². The van der Waals surface area contributed by atoms with Crippen LogP contribution in [0.3, 0.4) is 0 Å². The fraction of sp³-hybridized carbons (Fsp3) is 0.500. The van der Waals surface area contributed by atoms with Crippen LogP contribution in [0.15, 0.2) is 41.8 Å². The second-order valence-electron chi connectivity index (χ2n) is 9.73. The summed E-state index contributed by atoms with van der Waals surface area (Å²) in [5.41, 5.74) is 0.611. The molecule has 3 aliphatic rings. The number of hydrogen-bond donors (Lipinski definition) is 1. The highest BCUT2D eigenvalue weighted by Gasteiger charge is 2.57. The highest BCUT2D eigenvalue weighted by atomic mass is 32.1. The molecule has 2 aromatic rings. The summed E-state index contributed by atoms with van der Waals surface area (Å²) in [6.07, 6.45) is 2.75. The maximum Gasteiger partial charge on any atom is 0.241 e. The zero-order valence-electron chi connectivity index (χ0n) is 18.9. The molecule has 0 radical (unpaired) electrons. The van der Waals surface area contributed by atoms with Crippen LogP contribution in [0.4, 0.5) is 0 Å². The first-order chi connectivity index (χ1) is 15.9. The molecule has 0 spiro atoms. The van der Waals surface area contributed by atoms with E-state index in [4.69, 9.17) is 0 Å². The predicted molar refractivity (Wildman–Crippen MR) is 126 cm³/mol. The molecule has 0 bridgehead atoms. The van der Waals surface area contributed by atoms with Crippen molar-refractivity contribution < 1.29 is 19.5 Å². The Kier molecular flexibility index (Phi) is 5.87. The molecule has 5 rings (SSSR count). The molecule has 7 heteroatoms. The van der Waals surface area contributed by atoms with E-state index in [1.165, 1.54) is 4.90 Å². The van der Waals surface area contributed by atoms with Gasteiger partial charge in [-0.15, -0.1) is 11.3 Å². The molecule has 1 aromatic heterocycles. The third kappa shape index (κ3) is 4.02. The van der Waals surface area contributed by atoms with Gasteiger partial charge in [0.15, 0.2) is 0 Å². The smallest absolute Gasteiger partial charge is 0.241 e. The molecule has 2 unspecified atom stereocenters. The summed E-state index contributed by atoms with van der Waals surface area (Å²) >= 11 is 1.55. The third-order valence-corrected chi connectivity index (χ3v) is 8.49. The Morgan fingerprint density at radius 2 is 1.85 bits per heavy atom. The van der Waals surface area contributed by atoms with E-state index in [1.807, 2.05) is 53.6 Å². The quantitative estimate of drug-likeness (QED) is 0.660. The molecule has 1 aromatic carbocycles. The number of aryl methyl sites for hydroxylation is 1. The molecule has 3 heterocycles. The molecular formula is C26H30N2O4S. The fourth-order valence-corrected chi connectivity index (χ4v) is 6.35. The van der Waals surface area contributed by atoms with Gasteiger partial charge in [-0.3, -0.25) is 19.3 Å². The number of nitrogens with zero attached hydrogens (tertiary/aromatic N) is 2. The van der Waals surface area contributed by atoms with Crippen molar-refractivity contribution in [1.29, 1.82) is 0 Å². The van der Waals surface area contributed by atoms with Crippen molar-refractivity contribution in [2.45, 2.75) is 63.0 Å². The van der Waals surface area contributed by atoms with Gasteiger partial charge in [-0.2, -0.15) is 0 Å². The van der Waals surface area contributed by atoms with E-state index in [9.17, 15) is 19.5 Å². The maximum absolute atomic E-state index is 13.7. The summed E-state index contributed by atoms with van der Waals surface area (Å²) in [5, 5.41) is 12.6. The number of likely N-dealkylation sites (tertiary alicyclic amines) is 2. The normalized spacial score (nSPS) is 25.0. The number of rotatable bonds is 6. The molecule has 2 saturated heterocycles. The van der Waals surface area contributed by atoms with Crippen LogP contribution < -0.4 is 0 Å². The molecule has 3 fully saturated rings. The van der Waals surface area contributed by atoms with Crippen molar-refractivity contribution in [1.82, 2.24) is 9.80 Å². The lowest BCUT2D eigenvalue weighted by atomic mass is 9.73. The Balaban J connectivity index is 1.34. The minimum atomic E-state index is -1.12. The van der Waals surface area contributed by atoms with Crippen molar-refractivity contribution in [2.24, 2.45) is 5.92 Å². The molecule has 2 atom stereocenters. The number of aliphatic hydroxyl groups is 1. The Morgan fingerprint density at radius 3 is 2.48 bits per heavy atom.